The van der Waals surface area contributed by atoms with Crippen LogP contribution in [0.15, 0.2) is 0 Å². The van der Waals surface area contributed by atoms with E-state index >= 15 is 0 Å². The van der Waals surface area contributed by atoms with Gasteiger partial charge in [-0.3, -0.25) is 9.59 Å². The molecular weight excluding hydrogens is 184 g/mol. The van der Waals surface area contributed by atoms with Gasteiger partial charge in [0.25, 0.3) is 0 Å². The van der Waals surface area contributed by atoms with Crippen molar-refractivity contribution in [1.82, 2.24) is 0 Å². The topological polar surface area (TPSA) is 52.6 Å². The second kappa shape index (κ2) is 2.97. The van der Waals surface area contributed by atoms with E-state index in [1.54, 1.807) is 0 Å². The Morgan fingerprint density at radius 3 is 3.00 bits per heavy atom. The SMILES string of the molecule is COC(=O)[C@]12C[C@@H](C)C[C@H]1COC2=O. The Labute approximate surface area is 82.6 Å². The molecule has 0 aromatic heterocycles. The van der Waals surface area contributed by atoms with Crippen molar-refractivity contribution < 1.29 is 19.1 Å². The van der Waals surface area contributed by atoms with E-state index in [1.165, 1.54) is 7.11 Å². The van der Waals surface area contributed by atoms with Gasteiger partial charge in [0.15, 0.2) is 5.41 Å². The van der Waals surface area contributed by atoms with Gasteiger partial charge in [0.05, 0.1) is 13.7 Å². The summed E-state index contributed by atoms with van der Waals surface area (Å²) < 4.78 is 9.67. The molecule has 1 heterocycles. The number of rotatable bonds is 1. The van der Waals surface area contributed by atoms with Crippen LogP contribution in [0.25, 0.3) is 0 Å². The largest absolute Gasteiger partial charge is 0.468 e. The number of hydrogen-bond donors (Lipinski definition) is 0. The zero-order valence-electron chi connectivity index (χ0n) is 8.41. The third-order valence-electron chi connectivity index (χ3n) is 3.38. The molecule has 1 saturated heterocycles. The predicted octanol–water partition coefficient (Wildman–Crippen LogP) is 0.749. The second-order valence-electron chi connectivity index (χ2n) is 4.30. The number of methoxy groups -OCH3 is 1. The molecule has 2 aliphatic rings. The molecule has 0 unspecified atom stereocenters. The van der Waals surface area contributed by atoms with Crippen LogP contribution >= 0.6 is 0 Å². The van der Waals surface area contributed by atoms with E-state index in [9.17, 15) is 9.59 Å². The van der Waals surface area contributed by atoms with Gasteiger partial charge in [-0.1, -0.05) is 6.92 Å². The van der Waals surface area contributed by atoms with Crippen LogP contribution in [0.2, 0.25) is 0 Å². The van der Waals surface area contributed by atoms with Crippen LogP contribution in [0.5, 0.6) is 0 Å². The number of carbonyl (C=O) groups excluding carboxylic acids is 2. The Hall–Kier alpha value is -1.06. The van der Waals surface area contributed by atoms with Crippen LogP contribution in [-0.4, -0.2) is 25.7 Å². The standard InChI is InChI=1S/C10H14O4/c1-6-3-7-5-14-9(12)10(7,4-6)8(11)13-2/h6-7H,3-5H2,1-2H3/t6-,7-,10-/m0/s1. The van der Waals surface area contributed by atoms with Crippen molar-refractivity contribution >= 4 is 11.9 Å². The number of fused-ring (bicyclic) bond motifs is 1. The van der Waals surface area contributed by atoms with E-state index in [1.807, 2.05) is 0 Å². The molecule has 0 aromatic carbocycles. The van der Waals surface area contributed by atoms with E-state index in [-0.39, 0.29) is 5.92 Å². The Morgan fingerprint density at radius 1 is 1.64 bits per heavy atom. The molecule has 1 saturated carbocycles. The van der Waals surface area contributed by atoms with Crippen molar-refractivity contribution in [2.45, 2.75) is 19.8 Å². The average Bonchev–Trinajstić information content (AvgIpc) is 2.63. The van der Waals surface area contributed by atoms with Gasteiger partial charge in [0, 0.05) is 5.92 Å². The van der Waals surface area contributed by atoms with Crippen molar-refractivity contribution in [1.29, 1.82) is 0 Å². The minimum Gasteiger partial charge on any atom is -0.468 e. The monoisotopic (exact) mass is 198 g/mol. The molecular formula is C10H14O4. The van der Waals surface area contributed by atoms with Gasteiger partial charge in [-0.05, 0) is 18.8 Å². The summed E-state index contributed by atoms with van der Waals surface area (Å²) in [5.74, 6) is -0.391. The Morgan fingerprint density at radius 2 is 2.36 bits per heavy atom. The third-order valence-corrected chi connectivity index (χ3v) is 3.38. The molecule has 14 heavy (non-hydrogen) atoms. The first kappa shape index (κ1) is 9.49. The van der Waals surface area contributed by atoms with Crippen LogP contribution in [0.4, 0.5) is 0 Å². The van der Waals surface area contributed by atoms with Crippen LogP contribution in [0.3, 0.4) is 0 Å². The minimum atomic E-state index is -0.978. The summed E-state index contributed by atoms with van der Waals surface area (Å²) in [6.07, 6.45) is 1.45. The summed E-state index contributed by atoms with van der Waals surface area (Å²) in [4.78, 5) is 23.3. The molecule has 4 heteroatoms. The highest BCUT2D eigenvalue weighted by atomic mass is 16.6. The van der Waals surface area contributed by atoms with E-state index in [0.29, 0.717) is 18.9 Å². The maximum Gasteiger partial charge on any atom is 0.323 e. The van der Waals surface area contributed by atoms with E-state index in [0.717, 1.165) is 6.42 Å². The van der Waals surface area contributed by atoms with Crippen molar-refractivity contribution in [2.24, 2.45) is 17.3 Å². The fourth-order valence-electron chi connectivity index (χ4n) is 2.77. The number of cyclic esters (lactones) is 1. The number of hydrogen-bond acceptors (Lipinski definition) is 4. The highest BCUT2D eigenvalue weighted by Crippen LogP contribution is 2.51. The molecule has 0 spiro atoms. The maximum atomic E-state index is 11.7. The van der Waals surface area contributed by atoms with Crippen LogP contribution in [-0.2, 0) is 19.1 Å². The van der Waals surface area contributed by atoms with Crippen molar-refractivity contribution in [3.8, 4) is 0 Å². The van der Waals surface area contributed by atoms with Crippen molar-refractivity contribution in [3.05, 3.63) is 0 Å². The molecule has 0 N–H and O–H groups in total. The molecule has 0 radical (unpaired) electrons. The fraction of sp³-hybridized carbons (Fsp3) is 0.800. The second-order valence-corrected chi connectivity index (χ2v) is 4.30. The molecule has 4 nitrogen and oxygen atoms in total. The summed E-state index contributed by atoms with van der Waals surface area (Å²) in [5.41, 5.74) is -0.978. The lowest BCUT2D eigenvalue weighted by molar-refractivity contribution is -0.163. The Balaban J connectivity index is 2.35. The molecule has 1 aliphatic carbocycles. The average molecular weight is 198 g/mol. The van der Waals surface area contributed by atoms with Crippen molar-refractivity contribution in [2.75, 3.05) is 13.7 Å². The van der Waals surface area contributed by atoms with Gasteiger partial charge < -0.3 is 9.47 Å². The molecule has 2 fully saturated rings. The van der Waals surface area contributed by atoms with Gasteiger partial charge in [0.2, 0.25) is 0 Å². The van der Waals surface area contributed by atoms with Gasteiger partial charge in [-0.15, -0.1) is 0 Å². The normalized spacial score (nSPS) is 40.6. The number of carbonyl (C=O) groups is 2. The minimum absolute atomic E-state index is 0.0254. The molecule has 0 amide bonds. The Bertz CT molecular complexity index is 286. The summed E-state index contributed by atoms with van der Waals surface area (Å²) >= 11 is 0. The zero-order valence-corrected chi connectivity index (χ0v) is 8.41. The summed E-state index contributed by atoms with van der Waals surface area (Å²) in [6, 6.07) is 0. The molecule has 0 bridgehead atoms. The Kier molecular flexibility index (Phi) is 2.01. The van der Waals surface area contributed by atoms with Gasteiger partial charge in [-0.2, -0.15) is 0 Å². The first-order chi connectivity index (χ1) is 6.61. The van der Waals surface area contributed by atoms with Gasteiger partial charge in [-0.25, -0.2) is 0 Å². The van der Waals surface area contributed by atoms with Crippen LogP contribution < -0.4 is 0 Å². The van der Waals surface area contributed by atoms with Gasteiger partial charge in [0.1, 0.15) is 0 Å². The van der Waals surface area contributed by atoms with Crippen LogP contribution in [0, 0.1) is 17.3 Å². The zero-order chi connectivity index (χ0) is 10.3. The summed E-state index contributed by atoms with van der Waals surface area (Å²) in [6.45, 7) is 2.43. The summed E-state index contributed by atoms with van der Waals surface area (Å²) in [7, 11) is 1.32. The van der Waals surface area contributed by atoms with Gasteiger partial charge >= 0.3 is 11.9 Å². The first-order valence-electron chi connectivity index (χ1n) is 4.87. The first-order valence-corrected chi connectivity index (χ1v) is 4.87. The lowest BCUT2D eigenvalue weighted by Crippen LogP contribution is -2.39. The molecule has 1 aliphatic heterocycles. The number of ether oxygens (including phenoxy) is 2. The highest BCUT2D eigenvalue weighted by Gasteiger charge is 2.63. The predicted molar refractivity (Wildman–Crippen MR) is 47.3 cm³/mol. The molecule has 0 aromatic rings. The quantitative estimate of drug-likeness (QED) is 0.461. The van der Waals surface area contributed by atoms with Crippen LogP contribution in [0.1, 0.15) is 19.8 Å². The fourth-order valence-corrected chi connectivity index (χ4v) is 2.77. The molecule has 2 rings (SSSR count). The lowest BCUT2D eigenvalue weighted by atomic mass is 9.80. The maximum absolute atomic E-state index is 11.7. The third kappa shape index (κ3) is 0.996. The highest BCUT2D eigenvalue weighted by molar-refractivity contribution is 6.02. The van der Waals surface area contributed by atoms with E-state index in [4.69, 9.17) is 9.47 Å². The number of esters is 2. The van der Waals surface area contributed by atoms with E-state index in [2.05, 4.69) is 6.92 Å². The molecule has 3 atom stereocenters. The van der Waals surface area contributed by atoms with E-state index < -0.39 is 17.4 Å². The smallest absolute Gasteiger partial charge is 0.323 e. The van der Waals surface area contributed by atoms with Crippen molar-refractivity contribution in [3.63, 3.8) is 0 Å². The molecule has 78 valence electrons. The summed E-state index contributed by atoms with van der Waals surface area (Å²) in [5, 5.41) is 0. The lowest BCUT2D eigenvalue weighted by Gasteiger charge is -2.20.